The van der Waals surface area contributed by atoms with E-state index in [1.165, 1.54) is 24.8 Å². The van der Waals surface area contributed by atoms with E-state index < -0.39 is 4.92 Å². The van der Waals surface area contributed by atoms with Gasteiger partial charge in [-0.3, -0.25) is 14.9 Å². The molecule has 0 saturated carbocycles. The summed E-state index contributed by atoms with van der Waals surface area (Å²) in [6, 6.07) is 3.20. The smallest absolute Gasteiger partial charge is 0.292 e. The molecule has 1 rings (SSSR count). The minimum atomic E-state index is -0.496. The molecule has 5 nitrogen and oxygen atoms in total. The maximum Gasteiger partial charge on any atom is 0.292 e. The molecular formula is C12H14N2O3S. The van der Waals surface area contributed by atoms with Crippen LogP contribution in [0, 0.1) is 17.0 Å². The van der Waals surface area contributed by atoms with E-state index in [1.807, 2.05) is 0 Å². The Morgan fingerprint density at radius 3 is 2.78 bits per heavy atom. The van der Waals surface area contributed by atoms with Gasteiger partial charge in [0.25, 0.3) is 5.69 Å². The standard InChI is InChI=1S/C12H14N2O3S/c1-8-6-10(4-3-5-18-9(2)15)7-11(12(8)13)14(16)17/h3-4,6-7H,5,13H2,1-2H3. The zero-order valence-corrected chi connectivity index (χ0v) is 11.0. The minimum absolute atomic E-state index is 0.0408. The van der Waals surface area contributed by atoms with E-state index >= 15 is 0 Å². The van der Waals surface area contributed by atoms with Gasteiger partial charge in [-0.25, -0.2) is 0 Å². The molecule has 0 atom stereocenters. The summed E-state index contributed by atoms with van der Waals surface area (Å²) < 4.78 is 0. The van der Waals surface area contributed by atoms with Gasteiger partial charge in [-0.15, -0.1) is 0 Å². The van der Waals surface area contributed by atoms with Gasteiger partial charge in [0.1, 0.15) is 5.69 Å². The van der Waals surface area contributed by atoms with Gasteiger partial charge >= 0.3 is 0 Å². The van der Waals surface area contributed by atoms with E-state index in [0.29, 0.717) is 16.9 Å². The van der Waals surface area contributed by atoms with Crippen LogP contribution in [-0.4, -0.2) is 15.8 Å². The lowest BCUT2D eigenvalue weighted by molar-refractivity contribution is -0.383. The van der Waals surface area contributed by atoms with Crippen molar-refractivity contribution in [2.75, 3.05) is 11.5 Å². The predicted molar refractivity (Wildman–Crippen MR) is 74.4 cm³/mol. The number of nitro benzene ring substituents is 1. The van der Waals surface area contributed by atoms with Gasteiger partial charge in [0.2, 0.25) is 0 Å². The summed E-state index contributed by atoms with van der Waals surface area (Å²) in [4.78, 5) is 21.0. The van der Waals surface area contributed by atoms with Crippen LogP contribution < -0.4 is 5.73 Å². The molecule has 18 heavy (non-hydrogen) atoms. The average Bonchev–Trinajstić information content (AvgIpc) is 2.28. The van der Waals surface area contributed by atoms with Crippen molar-refractivity contribution in [2.45, 2.75) is 13.8 Å². The first-order valence-corrected chi connectivity index (χ1v) is 6.24. The molecule has 0 aliphatic rings. The number of thioether (sulfide) groups is 1. The number of nitrogen functional groups attached to an aromatic ring is 1. The fraction of sp³-hybridized carbons (Fsp3) is 0.250. The number of benzene rings is 1. The SMILES string of the molecule is CC(=O)SCC=Cc1cc(C)c(N)c([N+](=O)[O-])c1. The van der Waals surface area contributed by atoms with Crippen molar-refractivity contribution < 1.29 is 9.72 Å². The van der Waals surface area contributed by atoms with Crippen LogP contribution >= 0.6 is 11.8 Å². The zero-order valence-electron chi connectivity index (χ0n) is 10.2. The van der Waals surface area contributed by atoms with Crippen molar-refractivity contribution in [3.63, 3.8) is 0 Å². The molecule has 0 bridgehead atoms. The Morgan fingerprint density at radius 2 is 2.22 bits per heavy atom. The molecule has 0 aliphatic heterocycles. The summed E-state index contributed by atoms with van der Waals surface area (Å²) in [5, 5.41) is 10.8. The molecule has 2 N–H and O–H groups in total. The normalized spacial score (nSPS) is 10.8. The largest absolute Gasteiger partial charge is 0.393 e. The summed E-state index contributed by atoms with van der Waals surface area (Å²) >= 11 is 1.18. The second-order valence-electron chi connectivity index (χ2n) is 3.73. The number of carbonyl (C=O) groups is 1. The van der Waals surface area contributed by atoms with Gasteiger partial charge in [-0.05, 0) is 24.1 Å². The number of anilines is 1. The molecule has 0 fully saturated rings. The van der Waals surface area contributed by atoms with Crippen LogP contribution in [0.4, 0.5) is 11.4 Å². The first kappa shape index (κ1) is 14.2. The number of rotatable bonds is 4. The number of hydrogen-bond acceptors (Lipinski definition) is 5. The molecule has 0 spiro atoms. The van der Waals surface area contributed by atoms with Gasteiger partial charge < -0.3 is 5.73 Å². The summed E-state index contributed by atoms with van der Waals surface area (Å²) in [6.07, 6.45) is 3.54. The zero-order chi connectivity index (χ0) is 13.7. The minimum Gasteiger partial charge on any atom is -0.393 e. The van der Waals surface area contributed by atoms with Crippen molar-refractivity contribution in [3.05, 3.63) is 39.4 Å². The number of aryl methyl sites for hydroxylation is 1. The predicted octanol–water partition coefficient (Wildman–Crippen LogP) is 2.78. The summed E-state index contributed by atoms with van der Waals surface area (Å²) in [7, 11) is 0. The molecule has 0 saturated heterocycles. The van der Waals surface area contributed by atoms with Crippen molar-refractivity contribution in [1.29, 1.82) is 0 Å². The number of nitro groups is 1. The van der Waals surface area contributed by atoms with E-state index in [0.717, 1.165) is 0 Å². The number of nitrogens with zero attached hydrogens (tertiary/aromatic N) is 1. The van der Waals surface area contributed by atoms with Crippen molar-refractivity contribution in [1.82, 2.24) is 0 Å². The summed E-state index contributed by atoms with van der Waals surface area (Å²) in [5.41, 5.74) is 7.11. The molecule has 0 radical (unpaired) electrons. The highest BCUT2D eigenvalue weighted by Gasteiger charge is 2.13. The molecule has 0 amide bonds. The first-order valence-electron chi connectivity index (χ1n) is 5.26. The highest BCUT2D eigenvalue weighted by atomic mass is 32.2. The molecular weight excluding hydrogens is 252 g/mol. The second-order valence-corrected chi connectivity index (χ2v) is 4.93. The number of nitrogens with two attached hydrogens (primary N) is 1. The monoisotopic (exact) mass is 266 g/mol. The third-order valence-corrected chi connectivity index (χ3v) is 3.04. The van der Waals surface area contributed by atoms with Gasteiger partial charge in [-0.2, -0.15) is 0 Å². The average molecular weight is 266 g/mol. The molecule has 0 aliphatic carbocycles. The van der Waals surface area contributed by atoms with E-state index in [-0.39, 0.29) is 16.5 Å². The Labute approximate surface area is 109 Å². The van der Waals surface area contributed by atoms with E-state index in [9.17, 15) is 14.9 Å². The quantitative estimate of drug-likeness (QED) is 0.514. The van der Waals surface area contributed by atoms with Gasteiger partial charge in [-0.1, -0.05) is 23.9 Å². The molecule has 1 aromatic carbocycles. The van der Waals surface area contributed by atoms with Crippen LogP contribution in [0.15, 0.2) is 18.2 Å². The Balaban J connectivity index is 2.90. The molecule has 0 heterocycles. The molecule has 1 aromatic rings. The Morgan fingerprint density at radius 1 is 1.56 bits per heavy atom. The lowest BCUT2D eigenvalue weighted by atomic mass is 10.1. The fourth-order valence-corrected chi connectivity index (χ4v) is 1.83. The third kappa shape index (κ3) is 3.89. The van der Waals surface area contributed by atoms with Crippen LogP contribution in [0.5, 0.6) is 0 Å². The Hall–Kier alpha value is -1.82. The summed E-state index contributed by atoms with van der Waals surface area (Å²) in [5.74, 6) is 0.548. The topological polar surface area (TPSA) is 86.2 Å². The lowest BCUT2D eigenvalue weighted by Gasteiger charge is -2.03. The highest BCUT2D eigenvalue weighted by molar-refractivity contribution is 8.13. The summed E-state index contributed by atoms with van der Waals surface area (Å²) in [6.45, 7) is 3.22. The molecule has 0 aromatic heterocycles. The van der Waals surface area contributed by atoms with E-state index in [1.54, 1.807) is 25.1 Å². The number of hydrogen-bond donors (Lipinski definition) is 1. The molecule has 0 unspecified atom stereocenters. The first-order chi connectivity index (χ1) is 8.41. The van der Waals surface area contributed by atoms with Gasteiger partial charge in [0.15, 0.2) is 5.12 Å². The lowest BCUT2D eigenvalue weighted by Crippen LogP contribution is -1.98. The van der Waals surface area contributed by atoms with Crippen LogP contribution in [0.25, 0.3) is 6.08 Å². The third-order valence-electron chi connectivity index (χ3n) is 2.28. The van der Waals surface area contributed by atoms with Crippen LogP contribution in [0.1, 0.15) is 18.1 Å². The second kappa shape index (κ2) is 6.20. The maximum atomic E-state index is 10.8. The van der Waals surface area contributed by atoms with Gasteiger partial charge in [0.05, 0.1) is 4.92 Å². The Bertz CT molecular complexity index is 512. The molecule has 6 heteroatoms. The van der Waals surface area contributed by atoms with Crippen LogP contribution in [0.3, 0.4) is 0 Å². The molecule has 96 valence electrons. The van der Waals surface area contributed by atoms with Crippen molar-refractivity contribution >= 4 is 34.3 Å². The van der Waals surface area contributed by atoms with Crippen molar-refractivity contribution in [3.8, 4) is 0 Å². The fourth-order valence-electron chi connectivity index (χ4n) is 1.40. The van der Waals surface area contributed by atoms with Crippen LogP contribution in [-0.2, 0) is 4.79 Å². The van der Waals surface area contributed by atoms with E-state index in [2.05, 4.69) is 0 Å². The van der Waals surface area contributed by atoms with Crippen molar-refractivity contribution in [2.24, 2.45) is 0 Å². The maximum absolute atomic E-state index is 10.8. The van der Waals surface area contributed by atoms with Crippen LogP contribution in [0.2, 0.25) is 0 Å². The van der Waals surface area contributed by atoms with Gasteiger partial charge in [0, 0.05) is 18.7 Å². The number of carbonyl (C=O) groups excluding carboxylic acids is 1. The van der Waals surface area contributed by atoms with E-state index in [4.69, 9.17) is 5.73 Å². The highest BCUT2D eigenvalue weighted by Crippen LogP contribution is 2.27. The Kier molecular flexibility index (Phi) is 4.91.